The average molecular weight is 303 g/mol. The SMILES string of the molecule is CCOc1ccc(C(=O)OCC(=O)NCc2ccco2)cc1. The zero-order valence-corrected chi connectivity index (χ0v) is 12.2. The van der Waals surface area contributed by atoms with Crippen molar-refractivity contribution in [3.8, 4) is 5.75 Å². The number of rotatable bonds is 7. The fourth-order valence-electron chi connectivity index (χ4n) is 1.72. The molecule has 0 bridgehead atoms. The number of benzene rings is 1. The summed E-state index contributed by atoms with van der Waals surface area (Å²) >= 11 is 0. The first kappa shape index (κ1) is 15.6. The molecule has 2 aromatic rings. The first-order valence-electron chi connectivity index (χ1n) is 6.88. The Bertz CT molecular complexity index is 604. The van der Waals surface area contributed by atoms with Crippen LogP contribution in [0.5, 0.6) is 5.75 Å². The summed E-state index contributed by atoms with van der Waals surface area (Å²) in [6, 6.07) is 10.0. The van der Waals surface area contributed by atoms with Crippen LogP contribution in [-0.2, 0) is 16.1 Å². The third-order valence-electron chi connectivity index (χ3n) is 2.78. The molecule has 0 fully saturated rings. The summed E-state index contributed by atoms with van der Waals surface area (Å²) in [4.78, 5) is 23.4. The van der Waals surface area contributed by atoms with Gasteiger partial charge in [0.1, 0.15) is 11.5 Å². The molecule has 1 aromatic heterocycles. The van der Waals surface area contributed by atoms with Gasteiger partial charge in [-0.2, -0.15) is 0 Å². The van der Waals surface area contributed by atoms with Gasteiger partial charge < -0.3 is 19.2 Å². The van der Waals surface area contributed by atoms with Crippen LogP contribution < -0.4 is 10.1 Å². The maximum Gasteiger partial charge on any atom is 0.338 e. The molecule has 1 aromatic carbocycles. The minimum absolute atomic E-state index is 0.256. The lowest BCUT2D eigenvalue weighted by atomic mass is 10.2. The molecular formula is C16H17NO5. The van der Waals surface area contributed by atoms with Crippen LogP contribution in [0.4, 0.5) is 0 Å². The van der Waals surface area contributed by atoms with Gasteiger partial charge in [0, 0.05) is 0 Å². The first-order valence-corrected chi connectivity index (χ1v) is 6.88. The van der Waals surface area contributed by atoms with E-state index in [0.29, 0.717) is 23.7 Å². The minimum atomic E-state index is -0.559. The van der Waals surface area contributed by atoms with Crippen LogP contribution in [-0.4, -0.2) is 25.1 Å². The molecule has 22 heavy (non-hydrogen) atoms. The van der Waals surface area contributed by atoms with Gasteiger partial charge in [-0.3, -0.25) is 4.79 Å². The van der Waals surface area contributed by atoms with Crippen molar-refractivity contribution in [2.45, 2.75) is 13.5 Å². The van der Waals surface area contributed by atoms with Gasteiger partial charge in [-0.25, -0.2) is 4.79 Å². The van der Waals surface area contributed by atoms with Gasteiger partial charge in [-0.15, -0.1) is 0 Å². The van der Waals surface area contributed by atoms with Gasteiger partial charge in [0.15, 0.2) is 6.61 Å². The molecule has 0 aliphatic rings. The topological polar surface area (TPSA) is 77.8 Å². The Morgan fingerprint density at radius 3 is 2.59 bits per heavy atom. The number of carbonyl (C=O) groups excluding carboxylic acids is 2. The Labute approximate surface area is 128 Å². The second kappa shape index (κ2) is 7.87. The average Bonchev–Trinajstić information content (AvgIpc) is 3.05. The second-order valence-corrected chi connectivity index (χ2v) is 4.39. The molecule has 0 radical (unpaired) electrons. The predicted octanol–water partition coefficient (Wildman–Crippen LogP) is 2.15. The third kappa shape index (κ3) is 4.66. The molecule has 116 valence electrons. The van der Waals surface area contributed by atoms with Crippen LogP contribution in [0.3, 0.4) is 0 Å². The highest BCUT2D eigenvalue weighted by molar-refractivity contribution is 5.91. The maximum absolute atomic E-state index is 11.8. The van der Waals surface area contributed by atoms with Crippen LogP contribution in [0.2, 0.25) is 0 Å². The van der Waals surface area contributed by atoms with E-state index in [1.165, 1.54) is 6.26 Å². The summed E-state index contributed by atoms with van der Waals surface area (Å²) < 4.78 is 15.3. The fraction of sp³-hybridized carbons (Fsp3) is 0.250. The summed E-state index contributed by atoms with van der Waals surface area (Å²) in [6.07, 6.45) is 1.52. The van der Waals surface area contributed by atoms with Gasteiger partial charge >= 0.3 is 5.97 Å². The van der Waals surface area contributed by atoms with Gasteiger partial charge in [0.25, 0.3) is 5.91 Å². The van der Waals surface area contributed by atoms with E-state index in [-0.39, 0.29) is 13.2 Å². The van der Waals surface area contributed by atoms with E-state index in [9.17, 15) is 9.59 Å². The van der Waals surface area contributed by atoms with Crippen LogP contribution in [0.15, 0.2) is 47.1 Å². The van der Waals surface area contributed by atoms with Crippen molar-refractivity contribution in [1.82, 2.24) is 5.32 Å². The zero-order valence-electron chi connectivity index (χ0n) is 12.2. The van der Waals surface area contributed by atoms with E-state index in [4.69, 9.17) is 13.9 Å². The monoisotopic (exact) mass is 303 g/mol. The normalized spacial score (nSPS) is 10.0. The number of hydrogen-bond donors (Lipinski definition) is 1. The van der Waals surface area contributed by atoms with E-state index in [1.54, 1.807) is 36.4 Å². The van der Waals surface area contributed by atoms with E-state index in [0.717, 1.165) is 0 Å². The molecule has 0 aliphatic heterocycles. The Hall–Kier alpha value is -2.76. The molecule has 0 spiro atoms. The third-order valence-corrected chi connectivity index (χ3v) is 2.78. The molecule has 0 unspecified atom stereocenters. The number of ether oxygens (including phenoxy) is 2. The summed E-state index contributed by atoms with van der Waals surface area (Å²) in [6.45, 7) is 2.35. The van der Waals surface area contributed by atoms with Gasteiger partial charge in [-0.1, -0.05) is 0 Å². The molecule has 0 saturated carbocycles. The Kier molecular flexibility index (Phi) is 5.59. The van der Waals surface area contributed by atoms with Crippen LogP contribution in [0.25, 0.3) is 0 Å². The van der Waals surface area contributed by atoms with E-state index in [2.05, 4.69) is 5.32 Å². The maximum atomic E-state index is 11.8. The second-order valence-electron chi connectivity index (χ2n) is 4.39. The molecule has 0 aliphatic carbocycles. The van der Waals surface area contributed by atoms with Crippen molar-refractivity contribution < 1.29 is 23.5 Å². The summed E-state index contributed by atoms with van der Waals surface area (Å²) in [7, 11) is 0. The van der Waals surface area contributed by atoms with Crippen molar-refractivity contribution in [2.24, 2.45) is 0 Å². The minimum Gasteiger partial charge on any atom is -0.494 e. The Balaban J connectivity index is 1.75. The molecular weight excluding hydrogens is 286 g/mol. The largest absolute Gasteiger partial charge is 0.494 e. The van der Waals surface area contributed by atoms with E-state index < -0.39 is 11.9 Å². The van der Waals surface area contributed by atoms with Crippen molar-refractivity contribution >= 4 is 11.9 Å². The van der Waals surface area contributed by atoms with Crippen molar-refractivity contribution in [3.63, 3.8) is 0 Å². The number of furan rings is 1. The first-order chi connectivity index (χ1) is 10.7. The smallest absolute Gasteiger partial charge is 0.338 e. The summed E-state index contributed by atoms with van der Waals surface area (Å²) in [5.74, 6) is 0.355. The molecule has 0 saturated heterocycles. The molecule has 0 atom stereocenters. The highest BCUT2D eigenvalue weighted by atomic mass is 16.5. The number of amides is 1. The number of carbonyl (C=O) groups is 2. The van der Waals surface area contributed by atoms with Crippen molar-refractivity contribution in [3.05, 3.63) is 54.0 Å². The van der Waals surface area contributed by atoms with Crippen molar-refractivity contribution in [2.75, 3.05) is 13.2 Å². The molecule has 1 N–H and O–H groups in total. The van der Waals surface area contributed by atoms with Crippen LogP contribution in [0, 0.1) is 0 Å². The number of esters is 1. The lowest BCUT2D eigenvalue weighted by molar-refractivity contribution is -0.124. The predicted molar refractivity (Wildman–Crippen MR) is 78.4 cm³/mol. The van der Waals surface area contributed by atoms with Gasteiger partial charge in [-0.05, 0) is 43.3 Å². The molecule has 2 rings (SSSR count). The lowest BCUT2D eigenvalue weighted by Crippen LogP contribution is -2.28. The highest BCUT2D eigenvalue weighted by Crippen LogP contribution is 2.12. The fourth-order valence-corrected chi connectivity index (χ4v) is 1.72. The van der Waals surface area contributed by atoms with Crippen LogP contribution in [0.1, 0.15) is 23.0 Å². The van der Waals surface area contributed by atoms with Gasteiger partial charge in [0.2, 0.25) is 0 Å². The Morgan fingerprint density at radius 2 is 1.95 bits per heavy atom. The lowest BCUT2D eigenvalue weighted by Gasteiger charge is -2.06. The van der Waals surface area contributed by atoms with Crippen LogP contribution >= 0.6 is 0 Å². The number of hydrogen-bond acceptors (Lipinski definition) is 5. The summed E-state index contributed by atoms with van der Waals surface area (Å²) in [5.41, 5.74) is 0.363. The van der Waals surface area contributed by atoms with Crippen molar-refractivity contribution in [1.29, 1.82) is 0 Å². The van der Waals surface area contributed by atoms with E-state index >= 15 is 0 Å². The highest BCUT2D eigenvalue weighted by Gasteiger charge is 2.10. The standard InChI is InChI=1S/C16H17NO5/c1-2-20-13-7-5-12(6-8-13)16(19)22-11-15(18)17-10-14-4-3-9-21-14/h3-9H,2,10-11H2,1H3,(H,17,18). The molecule has 6 nitrogen and oxygen atoms in total. The van der Waals surface area contributed by atoms with E-state index in [1.807, 2.05) is 6.92 Å². The number of nitrogens with one attached hydrogen (secondary N) is 1. The zero-order chi connectivity index (χ0) is 15.8. The van der Waals surface area contributed by atoms with Gasteiger partial charge in [0.05, 0.1) is 25.0 Å². The Morgan fingerprint density at radius 1 is 1.18 bits per heavy atom. The quantitative estimate of drug-likeness (QED) is 0.793. The summed E-state index contributed by atoms with van der Waals surface area (Å²) in [5, 5.41) is 2.59. The molecule has 1 heterocycles. The molecule has 6 heteroatoms. The molecule has 1 amide bonds.